The molecule has 0 spiro atoms. The van der Waals surface area contributed by atoms with Crippen LogP contribution >= 0.6 is 0 Å². The summed E-state index contributed by atoms with van der Waals surface area (Å²) in [5.74, 6) is 0.242. The summed E-state index contributed by atoms with van der Waals surface area (Å²) >= 11 is 0. The lowest BCUT2D eigenvalue weighted by Crippen LogP contribution is -2.23. The molecular formula is C7H10N6O3S. The molecule has 0 bridgehead atoms. The molecule has 2 aromatic rings. The number of nitrogens with one attached hydrogen (secondary N) is 3. The number of tetrazole rings is 1. The Morgan fingerprint density at radius 3 is 2.88 bits per heavy atom. The van der Waals surface area contributed by atoms with Gasteiger partial charge < -0.3 is 10.1 Å². The highest BCUT2D eigenvalue weighted by Gasteiger charge is 2.16. The molecule has 0 aliphatic heterocycles. The second kappa shape index (κ2) is 4.61. The summed E-state index contributed by atoms with van der Waals surface area (Å²) in [5.41, 5.74) is 0.421. The quantitative estimate of drug-likeness (QED) is 0.515. The smallest absolute Gasteiger partial charge is 0.242 e. The Hall–Kier alpha value is -1.78. The van der Waals surface area contributed by atoms with Crippen molar-refractivity contribution >= 4 is 10.0 Å². The predicted octanol–water partition coefficient (Wildman–Crippen LogP) is -1.50. The average Bonchev–Trinajstić information content (AvgIpc) is 2.98. The van der Waals surface area contributed by atoms with Crippen LogP contribution in [0.25, 0.3) is 0 Å². The van der Waals surface area contributed by atoms with E-state index in [2.05, 4.69) is 30.3 Å². The minimum atomic E-state index is -3.64. The summed E-state index contributed by atoms with van der Waals surface area (Å²) in [6.07, 6.45) is 1.30. The Morgan fingerprint density at radius 2 is 2.29 bits per heavy atom. The van der Waals surface area contributed by atoms with Gasteiger partial charge >= 0.3 is 0 Å². The van der Waals surface area contributed by atoms with Crippen molar-refractivity contribution in [3.05, 3.63) is 23.8 Å². The molecule has 17 heavy (non-hydrogen) atoms. The molecule has 10 heteroatoms. The maximum atomic E-state index is 11.8. The molecule has 4 N–H and O–H groups in total. The number of aromatic nitrogens is 5. The Balaban J connectivity index is 2.08. The monoisotopic (exact) mass is 258 g/mol. The second-order valence-corrected chi connectivity index (χ2v) is 4.94. The zero-order valence-corrected chi connectivity index (χ0v) is 9.40. The zero-order valence-electron chi connectivity index (χ0n) is 8.58. The van der Waals surface area contributed by atoms with E-state index in [1.54, 1.807) is 0 Å². The Morgan fingerprint density at radius 1 is 1.47 bits per heavy atom. The van der Waals surface area contributed by atoms with Crippen molar-refractivity contribution in [1.82, 2.24) is 30.3 Å². The van der Waals surface area contributed by atoms with E-state index in [1.807, 2.05) is 0 Å². The molecular weight excluding hydrogens is 248 g/mol. The van der Waals surface area contributed by atoms with E-state index in [4.69, 9.17) is 5.11 Å². The number of H-pyrrole nitrogens is 2. The van der Waals surface area contributed by atoms with Gasteiger partial charge in [-0.3, -0.25) is 0 Å². The number of sulfonamides is 1. The molecule has 0 aromatic carbocycles. The highest BCUT2D eigenvalue weighted by atomic mass is 32.2. The molecule has 9 nitrogen and oxygen atoms in total. The van der Waals surface area contributed by atoms with Gasteiger partial charge in [0.05, 0.1) is 18.0 Å². The van der Waals surface area contributed by atoms with E-state index >= 15 is 0 Å². The molecule has 0 radical (unpaired) electrons. The summed E-state index contributed by atoms with van der Waals surface area (Å²) in [4.78, 5) is 2.68. The summed E-state index contributed by atoms with van der Waals surface area (Å²) in [5, 5.41) is 21.6. The first-order valence-corrected chi connectivity index (χ1v) is 6.10. The van der Waals surface area contributed by atoms with Crippen LogP contribution in [-0.4, -0.2) is 39.1 Å². The topological polar surface area (TPSA) is 137 Å². The van der Waals surface area contributed by atoms with Crippen molar-refractivity contribution in [3.8, 4) is 0 Å². The lowest BCUT2D eigenvalue weighted by Gasteiger charge is -2.00. The Labute approximate surface area is 96.3 Å². The van der Waals surface area contributed by atoms with Crippen molar-refractivity contribution in [2.24, 2.45) is 0 Å². The number of hydrogen-bond donors (Lipinski definition) is 4. The molecule has 0 unspecified atom stereocenters. The van der Waals surface area contributed by atoms with Gasteiger partial charge in [-0.2, -0.15) is 5.21 Å². The third-order valence-electron chi connectivity index (χ3n) is 2.01. The van der Waals surface area contributed by atoms with Gasteiger partial charge in [-0.05, 0) is 6.07 Å². The van der Waals surface area contributed by atoms with Gasteiger partial charge in [-0.15, -0.1) is 10.2 Å². The van der Waals surface area contributed by atoms with Gasteiger partial charge in [0, 0.05) is 11.9 Å². The van der Waals surface area contributed by atoms with Crippen molar-refractivity contribution in [3.63, 3.8) is 0 Å². The number of aliphatic hydroxyl groups excluding tert-OH is 1. The van der Waals surface area contributed by atoms with Crippen LogP contribution in [0, 0.1) is 0 Å². The summed E-state index contributed by atoms with van der Waals surface area (Å²) < 4.78 is 25.8. The summed E-state index contributed by atoms with van der Waals surface area (Å²) in [6.45, 7) is -0.307. The molecule has 2 aromatic heterocycles. The van der Waals surface area contributed by atoms with Crippen LogP contribution in [0.5, 0.6) is 0 Å². The fourth-order valence-electron chi connectivity index (χ4n) is 1.17. The highest BCUT2D eigenvalue weighted by Crippen LogP contribution is 2.10. The normalized spacial score (nSPS) is 11.8. The van der Waals surface area contributed by atoms with Crippen LogP contribution in [0.15, 0.2) is 17.2 Å². The lowest BCUT2D eigenvalue weighted by molar-refractivity contribution is 0.277. The van der Waals surface area contributed by atoms with Crippen LogP contribution in [0.2, 0.25) is 0 Å². The molecule has 0 amide bonds. The molecule has 0 atom stereocenters. The minimum Gasteiger partial charge on any atom is -0.390 e. The number of aliphatic hydroxyl groups is 1. The fourth-order valence-corrected chi connectivity index (χ4v) is 2.16. The van der Waals surface area contributed by atoms with E-state index in [1.165, 1.54) is 12.3 Å². The highest BCUT2D eigenvalue weighted by molar-refractivity contribution is 7.89. The van der Waals surface area contributed by atoms with Crippen LogP contribution in [0.4, 0.5) is 0 Å². The Bertz CT molecular complexity index is 575. The third-order valence-corrected chi connectivity index (χ3v) is 3.39. The number of rotatable bonds is 5. The SMILES string of the molecule is O=S(=O)(NCc1nn[nH]n1)c1c[nH]c(CO)c1. The average molecular weight is 258 g/mol. The van der Waals surface area contributed by atoms with Crippen LogP contribution in [0.3, 0.4) is 0 Å². The van der Waals surface area contributed by atoms with E-state index in [0.29, 0.717) is 5.69 Å². The maximum Gasteiger partial charge on any atom is 0.242 e. The molecule has 2 heterocycles. The van der Waals surface area contributed by atoms with E-state index in [9.17, 15) is 8.42 Å². The number of hydrogen-bond acceptors (Lipinski definition) is 6. The van der Waals surface area contributed by atoms with Gasteiger partial charge in [-0.25, -0.2) is 13.1 Å². The minimum absolute atomic E-state index is 0.0463. The maximum absolute atomic E-state index is 11.8. The molecule has 0 fully saturated rings. The fraction of sp³-hybridized carbons (Fsp3) is 0.286. The Kier molecular flexibility index (Phi) is 3.17. The number of nitrogens with zero attached hydrogens (tertiary/aromatic N) is 3. The molecule has 0 saturated carbocycles. The molecule has 92 valence electrons. The molecule has 0 aliphatic rings. The largest absolute Gasteiger partial charge is 0.390 e. The predicted molar refractivity (Wildman–Crippen MR) is 54.9 cm³/mol. The first-order chi connectivity index (χ1) is 8.12. The number of aromatic amines is 2. The van der Waals surface area contributed by atoms with E-state index in [0.717, 1.165) is 0 Å². The first-order valence-electron chi connectivity index (χ1n) is 4.62. The molecule has 2 rings (SSSR count). The first kappa shape index (κ1) is 11.7. The third kappa shape index (κ3) is 2.67. The molecule has 0 saturated heterocycles. The lowest BCUT2D eigenvalue weighted by atomic mass is 10.5. The van der Waals surface area contributed by atoms with Crippen molar-refractivity contribution in [2.75, 3.05) is 0 Å². The van der Waals surface area contributed by atoms with Crippen molar-refractivity contribution in [1.29, 1.82) is 0 Å². The van der Waals surface area contributed by atoms with E-state index in [-0.39, 0.29) is 23.9 Å². The van der Waals surface area contributed by atoms with Gasteiger partial charge in [-0.1, -0.05) is 5.21 Å². The van der Waals surface area contributed by atoms with Crippen molar-refractivity contribution in [2.45, 2.75) is 18.0 Å². The van der Waals surface area contributed by atoms with Crippen LogP contribution < -0.4 is 4.72 Å². The van der Waals surface area contributed by atoms with Gasteiger partial charge in [0.2, 0.25) is 10.0 Å². The molecule has 0 aliphatic carbocycles. The second-order valence-electron chi connectivity index (χ2n) is 3.17. The van der Waals surface area contributed by atoms with Crippen LogP contribution in [-0.2, 0) is 23.2 Å². The van der Waals surface area contributed by atoms with Crippen molar-refractivity contribution < 1.29 is 13.5 Å². The van der Waals surface area contributed by atoms with Gasteiger partial charge in [0.1, 0.15) is 0 Å². The van der Waals surface area contributed by atoms with E-state index < -0.39 is 10.0 Å². The van der Waals surface area contributed by atoms with Gasteiger partial charge in [0.15, 0.2) is 5.82 Å². The summed E-state index contributed by atoms with van der Waals surface area (Å²) in [7, 11) is -3.64. The van der Waals surface area contributed by atoms with Gasteiger partial charge in [0.25, 0.3) is 0 Å². The zero-order chi connectivity index (χ0) is 12.3. The summed E-state index contributed by atoms with van der Waals surface area (Å²) in [6, 6.07) is 1.35. The van der Waals surface area contributed by atoms with Crippen LogP contribution in [0.1, 0.15) is 11.5 Å². The standard InChI is InChI=1S/C7H10N6O3S/c14-4-5-1-6(2-8-5)17(15,16)9-3-7-10-12-13-11-7/h1-2,8-9,14H,3-4H2,(H,10,11,12,13).